The van der Waals surface area contributed by atoms with Crippen LogP contribution in [0.15, 0.2) is 17.9 Å². The number of hydrogen-bond donors (Lipinski definition) is 1. The zero-order valence-corrected chi connectivity index (χ0v) is 12.0. The van der Waals surface area contributed by atoms with Gasteiger partial charge >= 0.3 is 5.69 Å². The normalized spacial score (nSPS) is 11.2. The van der Waals surface area contributed by atoms with Crippen LogP contribution in [0.3, 0.4) is 0 Å². The molecule has 0 spiro atoms. The predicted molar refractivity (Wildman–Crippen MR) is 74.0 cm³/mol. The summed E-state index contributed by atoms with van der Waals surface area (Å²) < 4.78 is 4.91. The minimum Gasteiger partial charge on any atom is -0.476 e. The van der Waals surface area contributed by atoms with Crippen molar-refractivity contribution in [3.05, 3.63) is 33.0 Å². The van der Waals surface area contributed by atoms with Gasteiger partial charge in [-0.15, -0.1) is 11.3 Å². The number of hydrogen-bond acceptors (Lipinski definition) is 8. The van der Waals surface area contributed by atoms with Gasteiger partial charge in [-0.3, -0.25) is 10.1 Å². The molecule has 0 atom stereocenters. The molecule has 0 aromatic carbocycles. The molecule has 0 fully saturated rings. The standard InChI is InChI=1S/C11H13N5O3S/c1-11(2,10-12-4-5-20-10)15-8-7(16(17)18)9(19-3)14-6-13-8/h4-6H,1-3H3,(H,13,14,15). The van der Waals surface area contributed by atoms with Crippen LogP contribution < -0.4 is 10.1 Å². The number of rotatable bonds is 5. The number of thiazole rings is 1. The van der Waals surface area contributed by atoms with Gasteiger partial charge in [0.15, 0.2) is 0 Å². The third-order valence-corrected chi connectivity index (χ3v) is 3.66. The van der Waals surface area contributed by atoms with Crippen LogP contribution >= 0.6 is 11.3 Å². The topological polar surface area (TPSA) is 103 Å². The van der Waals surface area contributed by atoms with Gasteiger partial charge < -0.3 is 10.1 Å². The van der Waals surface area contributed by atoms with Gasteiger partial charge in [-0.25, -0.2) is 9.97 Å². The van der Waals surface area contributed by atoms with Crippen LogP contribution in [0.5, 0.6) is 5.88 Å². The summed E-state index contributed by atoms with van der Waals surface area (Å²) in [5.41, 5.74) is -0.891. The van der Waals surface area contributed by atoms with Crippen LogP contribution in [0.4, 0.5) is 11.5 Å². The lowest BCUT2D eigenvalue weighted by Gasteiger charge is -2.24. The Morgan fingerprint density at radius 1 is 1.40 bits per heavy atom. The second kappa shape index (κ2) is 5.37. The van der Waals surface area contributed by atoms with E-state index in [0.29, 0.717) is 0 Å². The summed E-state index contributed by atoms with van der Waals surface area (Å²) in [4.78, 5) is 22.5. The van der Waals surface area contributed by atoms with Crippen molar-refractivity contribution < 1.29 is 9.66 Å². The third-order valence-electron chi connectivity index (χ3n) is 2.56. The summed E-state index contributed by atoms with van der Waals surface area (Å²) >= 11 is 1.46. The Bertz CT molecular complexity index is 615. The lowest BCUT2D eigenvalue weighted by molar-refractivity contribution is -0.385. The first kappa shape index (κ1) is 14.1. The zero-order chi connectivity index (χ0) is 14.8. The van der Waals surface area contributed by atoms with E-state index < -0.39 is 10.5 Å². The van der Waals surface area contributed by atoms with Gasteiger partial charge in [0.2, 0.25) is 5.82 Å². The molecule has 9 heteroatoms. The van der Waals surface area contributed by atoms with Gasteiger partial charge in [0.1, 0.15) is 11.3 Å². The van der Waals surface area contributed by atoms with Gasteiger partial charge in [0, 0.05) is 11.6 Å². The van der Waals surface area contributed by atoms with Crippen molar-refractivity contribution in [3.63, 3.8) is 0 Å². The van der Waals surface area contributed by atoms with E-state index in [1.165, 1.54) is 24.8 Å². The van der Waals surface area contributed by atoms with Crippen molar-refractivity contribution in [2.24, 2.45) is 0 Å². The average Bonchev–Trinajstić information content (AvgIpc) is 2.92. The monoisotopic (exact) mass is 295 g/mol. The Balaban J connectivity index is 2.41. The number of aromatic nitrogens is 3. The minimum atomic E-state index is -0.599. The lowest BCUT2D eigenvalue weighted by Crippen LogP contribution is -2.28. The molecule has 106 valence electrons. The van der Waals surface area contributed by atoms with Crippen molar-refractivity contribution in [2.75, 3.05) is 12.4 Å². The summed E-state index contributed by atoms with van der Waals surface area (Å²) in [6.45, 7) is 3.73. The molecule has 0 saturated heterocycles. The van der Waals surface area contributed by atoms with E-state index in [1.54, 1.807) is 6.20 Å². The number of anilines is 1. The van der Waals surface area contributed by atoms with Gasteiger partial charge in [-0.2, -0.15) is 4.98 Å². The first-order valence-corrected chi connectivity index (χ1v) is 6.55. The Hall–Kier alpha value is -2.29. The van der Waals surface area contributed by atoms with Crippen molar-refractivity contribution in [1.82, 2.24) is 15.0 Å². The molecule has 0 aliphatic carbocycles. The van der Waals surface area contributed by atoms with Crippen LogP contribution in [0.2, 0.25) is 0 Å². The summed E-state index contributed by atoms with van der Waals surface area (Å²) in [6.07, 6.45) is 2.89. The number of nitrogens with zero attached hydrogens (tertiary/aromatic N) is 4. The van der Waals surface area contributed by atoms with Gasteiger partial charge in [-0.1, -0.05) is 0 Å². The second-order valence-corrected chi connectivity index (χ2v) is 5.32. The summed E-state index contributed by atoms with van der Waals surface area (Å²) in [5.74, 6) is 0.0180. The van der Waals surface area contributed by atoms with Crippen LogP contribution in [-0.2, 0) is 5.54 Å². The van der Waals surface area contributed by atoms with Crippen molar-refractivity contribution >= 4 is 22.8 Å². The molecule has 0 radical (unpaired) electrons. The second-order valence-electron chi connectivity index (χ2n) is 4.42. The molecule has 0 amide bonds. The van der Waals surface area contributed by atoms with Crippen LogP contribution in [0.1, 0.15) is 18.9 Å². The SMILES string of the molecule is COc1ncnc(NC(C)(C)c2nccs2)c1[N+](=O)[O-]. The molecule has 0 saturated carbocycles. The summed E-state index contributed by atoms with van der Waals surface area (Å²) in [7, 11) is 1.32. The maximum Gasteiger partial charge on any atom is 0.372 e. The van der Waals surface area contributed by atoms with Gasteiger partial charge in [0.25, 0.3) is 5.88 Å². The fraction of sp³-hybridized carbons (Fsp3) is 0.364. The quantitative estimate of drug-likeness (QED) is 0.666. The Kier molecular flexibility index (Phi) is 3.79. The largest absolute Gasteiger partial charge is 0.476 e. The maximum absolute atomic E-state index is 11.2. The van der Waals surface area contributed by atoms with Crippen LogP contribution in [-0.4, -0.2) is 27.0 Å². The van der Waals surface area contributed by atoms with E-state index in [0.717, 1.165) is 5.01 Å². The summed E-state index contributed by atoms with van der Waals surface area (Å²) in [6, 6.07) is 0. The highest BCUT2D eigenvalue weighted by molar-refractivity contribution is 7.09. The molecule has 2 aromatic heterocycles. The first-order chi connectivity index (χ1) is 9.45. The van der Waals surface area contributed by atoms with Crippen molar-refractivity contribution in [1.29, 1.82) is 0 Å². The molecular formula is C11H13N5O3S. The first-order valence-electron chi connectivity index (χ1n) is 5.67. The van der Waals surface area contributed by atoms with Crippen LogP contribution in [0, 0.1) is 10.1 Å². The fourth-order valence-corrected chi connectivity index (χ4v) is 2.37. The average molecular weight is 295 g/mol. The highest BCUT2D eigenvalue weighted by Gasteiger charge is 2.30. The van der Waals surface area contributed by atoms with Crippen molar-refractivity contribution in [2.45, 2.75) is 19.4 Å². The molecule has 2 aromatic rings. The molecule has 0 aliphatic heterocycles. The summed E-state index contributed by atoms with van der Waals surface area (Å²) in [5, 5.41) is 16.8. The van der Waals surface area contributed by atoms with E-state index in [-0.39, 0.29) is 17.4 Å². The van der Waals surface area contributed by atoms with Gasteiger partial charge in [-0.05, 0) is 13.8 Å². The highest BCUT2D eigenvalue weighted by atomic mass is 32.1. The Labute approximate surface area is 119 Å². The van der Waals surface area contributed by atoms with E-state index >= 15 is 0 Å². The molecule has 2 heterocycles. The third kappa shape index (κ3) is 2.67. The number of nitrogens with one attached hydrogen (secondary N) is 1. The zero-order valence-electron chi connectivity index (χ0n) is 11.2. The van der Waals surface area contributed by atoms with Gasteiger partial charge in [0.05, 0.1) is 17.6 Å². The molecule has 0 bridgehead atoms. The number of nitro groups is 1. The maximum atomic E-state index is 11.2. The predicted octanol–water partition coefficient (Wildman–Crippen LogP) is 2.20. The Morgan fingerprint density at radius 3 is 2.70 bits per heavy atom. The number of ether oxygens (including phenoxy) is 1. The van der Waals surface area contributed by atoms with E-state index in [4.69, 9.17) is 4.74 Å². The molecule has 1 N–H and O–H groups in total. The minimum absolute atomic E-state index is 0.0811. The number of methoxy groups -OCH3 is 1. The van der Waals surface area contributed by atoms with Crippen LogP contribution in [0.25, 0.3) is 0 Å². The molecule has 0 aliphatic rings. The smallest absolute Gasteiger partial charge is 0.372 e. The molecule has 20 heavy (non-hydrogen) atoms. The van der Waals surface area contributed by atoms with E-state index in [2.05, 4.69) is 20.3 Å². The molecule has 0 unspecified atom stereocenters. The lowest BCUT2D eigenvalue weighted by atomic mass is 10.1. The van der Waals surface area contributed by atoms with Crippen molar-refractivity contribution in [3.8, 4) is 5.88 Å². The molecule has 8 nitrogen and oxygen atoms in total. The Morgan fingerprint density at radius 2 is 2.15 bits per heavy atom. The highest BCUT2D eigenvalue weighted by Crippen LogP contribution is 2.34. The molecular weight excluding hydrogens is 282 g/mol. The fourth-order valence-electron chi connectivity index (χ4n) is 1.65. The molecule has 2 rings (SSSR count). The van der Waals surface area contributed by atoms with E-state index in [1.807, 2.05) is 19.2 Å². The van der Waals surface area contributed by atoms with E-state index in [9.17, 15) is 10.1 Å².